The standard InChI is InChI=1S/C45H35N/c1-45(2)39-16-10-9-15-38(39)44-43(45)41(42-37-14-8-7-13-31(37)25-26-40(42)46(44)3)32-19-17-30(18-20-32)34-22-24-35-27-33(21-23-36(35)28-34)29-11-5-4-6-12-29/h4-28,44H,1-3H3. The molecule has 46 heavy (non-hydrogen) atoms. The zero-order valence-electron chi connectivity index (χ0n) is 26.5. The summed E-state index contributed by atoms with van der Waals surface area (Å²) < 4.78 is 0. The second-order valence-electron chi connectivity index (χ2n) is 13.4. The van der Waals surface area contributed by atoms with Gasteiger partial charge in [0.15, 0.2) is 0 Å². The van der Waals surface area contributed by atoms with Crippen molar-refractivity contribution < 1.29 is 0 Å². The molecule has 1 unspecified atom stereocenters. The van der Waals surface area contributed by atoms with Crippen LogP contribution in [-0.2, 0) is 5.41 Å². The fourth-order valence-electron chi connectivity index (χ4n) is 8.25. The minimum absolute atomic E-state index is 0.102. The Hall–Kier alpha value is -5.40. The molecule has 2 aliphatic rings. The summed E-state index contributed by atoms with van der Waals surface area (Å²) in [6.07, 6.45) is 0. The molecule has 0 radical (unpaired) electrons. The van der Waals surface area contributed by atoms with Crippen LogP contribution >= 0.6 is 0 Å². The molecule has 0 amide bonds. The second-order valence-corrected chi connectivity index (χ2v) is 13.4. The highest BCUT2D eigenvalue weighted by Gasteiger charge is 2.48. The Morgan fingerprint density at radius 1 is 0.500 bits per heavy atom. The van der Waals surface area contributed by atoms with Gasteiger partial charge in [0.05, 0.1) is 6.04 Å². The summed E-state index contributed by atoms with van der Waals surface area (Å²) in [4.78, 5) is 2.51. The predicted octanol–water partition coefficient (Wildman–Crippen LogP) is 11.6. The Bertz CT molecular complexity index is 2340. The van der Waals surface area contributed by atoms with Crippen molar-refractivity contribution in [1.29, 1.82) is 0 Å². The molecule has 1 nitrogen and oxygen atoms in total. The van der Waals surface area contributed by atoms with Crippen molar-refractivity contribution in [2.24, 2.45) is 0 Å². The minimum atomic E-state index is -0.102. The van der Waals surface area contributed by atoms with Crippen LogP contribution in [0.2, 0.25) is 0 Å². The first kappa shape index (κ1) is 27.0. The van der Waals surface area contributed by atoms with Crippen LogP contribution in [0.25, 0.3) is 49.4 Å². The predicted molar refractivity (Wildman–Crippen MR) is 195 cm³/mol. The van der Waals surface area contributed by atoms with Gasteiger partial charge in [-0.05, 0) is 89.8 Å². The number of anilines is 1. The lowest BCUT2D eigenvalue weighted by atomic mass is 9.74. The van der Waals surface area contributed by atoms with Crippen LogP contribution in [0, 0.1) is 0 Å². The number of hydrogen-bond acceptors (Lipinski definition) is 1. The molecule has 1 aliphatic carbocycles. The van der Waals surface area contributed by atoms with Gasteiger partial charge >= 0.3 is 0 Å². The molecule has 1 aliphatic heterocycles. The number of likely N-dealkylation sites (N-methyl/N-ethyl adjacent to an activating group) is 1. The average Bonchev–Trinajstić information content (AvgIpc) is 3.35. The SMILES string of the molecule is CN1c2ccc3ccccc3c2C(c2ccc(-c3ccc4cc(-c5ccccc5)ccc4c3)cc2)=C2C1c1ccccc1C2(C)C. The molecule has 7 aromatic rings. The fraction of sp³-hybridized carbons (Fsp3) is 0.111. The molecular formula is C45H35N. The average molecular weight is 590 g/mol. The van der Waals surface area contributed by atoms with E-state index in [0.29, 0.717) is 0 Å². The maximum absolute atomic E-state index is 2.51. The molecule has 7 aromatic carbocycles. The Morgan fingerprint density at radius 2 is 1.07 bits per heavy atom. The molecule has 0 spiro atoms. The number of nitrogens with zero attached hydrogens (tertiary/aromatic N) is 1. The number of benzene rings is 7. The monoisotopic (exact) mass is 589 g/mol. The van der Waals surface area contributed by atoms with Crippen LogP contribution in [0.3, 0.4) is 0 Å². The van der Waals surface area contributed by atoms with E-state index in [4.69, 9.17) is 0 Å². The van der Waals surface area contributed by atoms with E-state index in [-0.39, 0.29) is 11.5 Å². The van der Waals surface area contributed by atoms with E-state index in [2.05, 4.69) is 177 Å². The number of fused-ring (bicyclic) bond motifs is 7. The maximum atomic E-state index is 2.51. The van der Waals surface area contributed by atoms with Crippen LogP contribution in [0.5, 0.6) is 0 Å². The van der Waals surface area contributed by atoms with E-state index >= 15 is 0 Å². The van der Waals surface area contributed by atoms with E-state index in [0.717, 1.165) is 0 Å². The molecule has 1 heteroatoms. The van der Waals surface area contributed by atoms with Crippen molar-refractivity contribution in [3.63, 3.8) is 0 Å². The number of hydrogen-bond donors (Lipinski definition) is 0. The van der Waals surface area contributed by atoms with Crippen molar-refractivity contribution in [3.05, 3.63) is 179 Å². The highest BCUT2D eigenvalue weighted by atomic mass is 15.2. The zero-order chi connectivity index (χ0) is 31.0. The third kappa shape index (κ3) is 3.95. The molecule has 9 rings (SSSR count). The summed E-state index contributed by atoms with van der Waals surface area (Å²) in [7, 11) is 2.28. The van der Waals surface area contributed by atoms with Crippen LogP contribution in [-0.4, -0.2) is 7.05 Å². The van der Waals surface area contributed by atoms with Gasteiger partial charge in [-0.2, -0.15) is 0 Å². The van der Waals surface area contributed by atoms with Gasteiger partial charge in [0.1, 0.15) is 0 Å². The van der Waals surface area contributed by atoms with E-state index < -0.39 is 0 Å². The highest BCUT2D eigenvalue weighted by molar-refractivity contribution is 6.06. The smallest absolute Gasteiger partial charge is 0.0773 e. The lowest BCUT2D eigenvalue weighted by molar-refractivity contribution is 0.609. The lowest BCUT2D eigenvalue weighted by Gasteiger charge is -2.40. The molecule has 0 N–H and O–H groups in total. The number of rotatable bonds is 3. The van der Waals surface area contributed by atoms with Gasteiger partial charge in [-0.15, -0.1) is 0 Å². The summed E-state index contributed by atoms with van der Waals surface area (Å²) in [5.41, 5.74) is 14.5. The molecule has 0 aromatic heterocycles. The Balaban J connectivity index is 1.19. The van der Waals surface area contributed by atoms with Gasteiger partial charge in [-0.1, -0.05) is 147 Å². The summed E-state index contributed by atoms with van der Waals surface area (Å²) >= 11 is 0. The van der Waals surface area contributed by atoms with Crippen molar-refractivity contribution >= 4 is 32.8 Å². The zero-order valence-corrected chi connectivity index (χ0v) is 26.5. The van der Waals surface area contributed by atoms with Crippen LogP contribution in [0.1, 0.15) is 42.1 Å². The van der Waals surface area contributed by atoms with Crippen molar-refractivity contribution in [2.75, 3.05) is 11.9 Å². The maximum Gasteiger partial charge on any atom is 0.0773 e. The second kappa shape index (κ2) is 10.1. The summed E-state index contributed by atoms with van der Waals surface area (Å²) in [5.74, 6) is 0. The minimum Gasteiger partial charge on any atom is -0.363 e. The molecule has 0 fully saturated rings. The van der Waals surface area contributed by atoms with E-state index in [1.165, 1.54) is 82.9 Å². The molecule has 0 saturated heterocycles. The van der Waals surface area contributed by atoms with Gasteiger partial charge in [0.2, 0.25) is 0 Å². The van der Waals surface area contributed by atoms with Crippen LogP contribution in [0.4, 0.5) is 5.69 Å². The van der Waals surface area contributed by atoms with Gasteiger partial charge in [-0.3, -0.25) is 0 Å². The third-order valence-electron chi connectivity index (χ3n) is 10.5. The lowest BCUT2D eigenvalue weighted by Crippen LogP contribution is -2.32. The summed E-state index contributed by atoms with van der Waals surface area (Å²) in [6.45, 7) is 4.83. The first-order valence-corrected chi connectivity index (χ1v) is 16.3. The topological polar surface area (TPSA) is 3.24 Å². The van der Waals surface area contributed by atoms with Crippen molar-refractivity contribution in [2.45, 2.75) is 25.3 Å². The van der Waals surface area contributed by atoms with Crippen molar-refractivity contribution in [1.82, 2.24) is 0 Å². The van der Waals surface area contributed by atoms with Gasteiger partial charge in [0, 0.05) is 23.7 Å². The largest absolute Gasteiger partial charge is 0.363 e. The summed E-state index contributed by atoms with van der Waals surface area (Å²) in [6, 6.07) is 56.3. The van der Waals surface area contributed by atoms with Crippen LogP contribution in [0.15, 0.2) is 157 Å². The molecular weight excluding hydrogens is 555 g/mol. The fourth-order valence-corrected chi connectivity index (χ4v) is 8.25. The Labute approximate surface area is 271 Å². The van der Waals surface area contributed by atoms with Gasteiger partial charge in [0.25, 0.3) is 0 Å². The van der Waals surface area contributed by atoms with Gasteiger partial charge < -0.3 is 4.90 Å². The van der Waals surface area contributed by atoms with E-state index in [9.17, 15) is 0 Å². The van der Waals surface area contributed by atoms with E-state index in [1.807, 2.05) is 0 Å². The molecule has 0 bridgehead atoms. The Morgan fingerprint density at radius 3 is 1.80 bits per heavy atom. The van der Waals surface area contributed by atoms with Gasteiger partial charge in [-0.25, -0.2) is 0 Å². The summed E-state index contributed by atoms with van der Waals surface area (Å²) in [5, 5.41) is 5.11. The Kier molecular flexibility index (Phi) is 5.89. The highest BCUT2D eigenvalue weighted by Crippen LogP contribution is 2.59. The first-order chi connectivity index (χ1) is 22.5. The van der Waals surface area contributed by atoms with Crippen LogP contribution < -0.4 is 4.90 Å². The molecule has 220 valence electrons. The molecule has 1 heterocycles. The molecule has 1 atom stereocenters. The normalized spacial score (nSPS) is 16.4. The molecule has 0 saturated carbocycles. The quantitative estimate of drug-likeness (QED) is 0.198. The van der Waals surface area contributed by atoms with E-state index in [1.54, 1.807) is 0 Å². The first-order valence-electron chi connectivity index (χ1n) is 16.3. The third-order valence-corrected chi connectivity index (χ3v) is 10.5. The van der Waals surface area contributed by atoms with Crippen molar-refractivity contribution in [3.8, 4) is 22.3 Å².